The molecule has 0 aliphatic rings. The van der Waals surface area contributed by atoms with Gasteiger partial charge in [0.1, 0.15) is 11.2 Å². The van der Waals surface area contributed by atoms with Crippen molar-refractivity contribution < 1.29 is 4.42 Å². The lowest BCUT2D eigenvalue weighted by Crippen LogP contribution is -1.80. The van der Waals surface area contributed by atoms with Gasteiger partial charge in [-0.25, -0.2) is 0 Å². The lowest BCUT2D eigenvalue weighted by Gasteiger charge is -2.01. The quantitative estimate of drug-likeness (QED) is 0.446. The molecule has 4 aromatic rings. The average Bonchev–Trinajstić information content (AvgIpc) is 2.88. The predicted octanol–water partition coefficient (Wildman–Crippen LogP) is 5.86. The fraction of sp³-hybridized carbons (Fsp3) is 0.200. The Balaban J connectivity index is 2.06. The van der Waals surface area contributed by atoms with Crippen LogP contribution in [0.25, 0.3) is 32.7 Å². The molecule has 0 saturated heterocycles. The van der Waals surface area contributed by atoms with Crippen molar-refractivity contribution >= 4 is 32.7 Å². The smallest absolute Gasteiger partial charge is 0.136 e. The third kappa shape index (κ3) is 1.92. The van der Waals surface area contributed by atoms with Gasteiger partial charge in [-0.2, -0.15) is 0 Å². The Labute approximate surface area is 124 Å². The van der Waals surface area contributed by atoms with E-state index in [1.54, 1.807) is 0 Å². The number of fused-ring (bicyclic) bond motifs is 4. The third-order valence-corrected chi connectivity index (χ3v) is 4.38. The molecule has 0 N–H and O–H groups in total. The van der Waals surface area contributed by atoms with Gasteiger partial charge in [0.05, 0.1) is 0 Å². The molecule has 1 heterocycles. The molecule has 0 saturated carbocycles. The summed E-state index contributed by atoms with van der Waals surface area (Å²) in [6, 6.07) is 17.7. The van der Waals surface area contributed by atoms with Crippen LogP contribution in [0.5, 0.6) is 0 Å². The molecular weight excluding hydrogens is 256 g/mol. The normalized spacial score (nSPS) is 11.7. The van der Waals surface area contributed by atoms with Crippen molar-refractivity contribution in [3.05, 3.63) is 59.7 Å². The second-order valence-electron chi connectivity index (χ2n) is 5.67. The van der Waals surface area contributed by atoms with Gasteiger partial charge in [-0.3, -0.25) is 0 Å². The van der Waals surface area contributed by atoms with Gasteiger partial charge in [0.25, 0.3) is 0 Å². The van der Waals surface area contributed by atoms with E-state index in [9.17, 15) is 0 Å². The summed E-state index contributed by atoms with van der Waals surface area (Å²) in [5, 5.41) is 4.96. The third-order valence-electron chi connectivity index (χ3n) is 4.38. The number of hydrogen-bond acceptors (Lipinski definition) is 1. The molecule has 0 spiro atoms. The summed E-state index contributed by atoms with van der Waals surface area (Å²) in [5.74, 6) is 0. The van der Waals surface area contributed by atoms with E-state index in [4.69, 9.17) is 4.42 Å². The van der Waals surface area contributed by atoms with Crippen molar-refractivity contribution in [2.45, 2.75) is 26.7 Å². The highest BCUT2D eigenvalue weighted by Gasteiger charge is 2.09. The highest BCUT2D eigenvalue weighted by Crippen LogP contribution is 2.33. The highest BCUT2D eigenvalue weighted by molar-refractivity contribution is 6.10. The van der Waals surface area contributed by atoms with Crippen molar-refractivity contribution in [3.8, 4) is 0 Å². The number of rotatable bonds is 2. The summed E-state index contributed by atoms with van der Waals surface area (Å²) in [4.78, 5) is 0. The maximum Gasteiger partial charge on any atom is 0.136 e. The molecule has 0 aliphatic heterocycles. The molecule has 0 aliphatic carbocycles. The molecular formula is C20H18O. The molecule has 1 heteroatoms. The first-order chi connectivity index (χ1) is 10.3. The second-order valence-corrected chi connectivity index (χ2v) is 5.67. The zero-order chi connectivity index (χ0) is 14.4. The minimum absolute atomic E-state index is 0.985. The van der Waals surface area contributed by atoms with Crippen molar-refractivity contribution in [2.24, 2.45) is 0 Å². The van der Waals surface area contributed by atoms with Crippen LogP contribution in [0, 0.1) is 0 Å². The topological polar surface area (TPSA) is 13.1 Å². The van der Waals surface area contributed by atoms with E-state index in [0.717, 1.165) is 24.0 Å². The maximum absolute atomic E-state index is 6.08. The molecule has 1 nitrogen and oxygen atoms in total. The molecule has 0 radical (unpaired) electrons. The standard InChI is InChI=1S/C20H18O/c1-3-13-5-7-15-11-18-17-8-6-14(4-2)10-19(17)21-20(18)12-16(15)9-13/h5-12H,3-4H2,1-2H3. The Morgan fingerprint density at radius 1 is 0.667 bits per heavy atom. The van der Waals surface area contributed by atoms with Crippen LogP contribution >= 0.6 is 0 Å². The molecule has 0 atom stereocenters. The van der Waals surface area contributed by atoms with Crippen LogP contribution in [-0.2, 0) is 12.8 Å². The Hall–Kier alpha value is -2.28. The summed E-state index contributed by atoms with van der Waals surface area (Å²) < 4.78 is 6.08. The van der Waals surface area contributed by atoms with E-state index in [1.807, 2.05) is 0 Å². The molecule has 1 aromatic heterocycles. The van der Waals surface area contributed by atoms with E-state index < -0.39 is 0 Å². The van der Waals surface area contributed by atoms with Crippen LogP contribution in [0.15, 0.2) is 52.9 Å². The first-order valence-electron chi connectivity index (χ1n) is 7.66. The lowest BCUT2D eigenvalue weighted by atomic mass is 10.0. The summed E-state index contributed by atoms with van der Waals surface area (Å²) >= 11 is 0. The number of hydrogen-bond donors (Lipinski definition) is 0. The minimum Gasteiger partial charge on any atom is -0.456 e. The first-order valence-corrected chi connectivity index (χ1v) is 7.66. The summed E-state index contributed by atoms with van der Waals surface area (Å²) in [6.45, 7) is 4.36. The Bertz CT molecular complexity index is 949. The van der Waals surface area contributed by atoms with Crippen molar-refractivity contribution in [1.29, 1.82) is 0 Å². The Kier molecular flexibility index (Phi) is 2.75. The van der Waals surface area contributed by atoms with Gasteiger partial charge in [0.15, 0.2) is 0 Å². The monoisotopic (exact) mass is 274 g/mol. The highest BCUT2D eigenvalue weighted by atomic mass is 16.3. The van der Waals surface area contributed by atoms with Crippen molar-refractivity contribution in [3.63, 3.8) is 0 Å². The van der Waals surface area contributed by atoms with Gasteiger partial charge in [-0.05, 0) is 52.9 Å². The van der Waals surface area contributed by atoms with Gasteiger partial charge in [0.2, 0.25) is 0 Å². The van der Waals surface area contributed by atoms with Gasteiger partial charge in [-0.15, -0.1) is 0 Å². The van der Waals surface area contributed by atoms with Crippen molar-refractivity contribution in [2.75, 3.05) is 0 Å². The zero-order valence-electron chi connectivity index (χ0n) is 12.4. The first kappa shape index (κ1) is 12.5. The lowest BCUT2D eigenvalue weighted by molar-refractivity contribution is 0.669. The van der Waals surface area contributed by atoms with Crippen molar-refractivity contribution in [1.82, 2.24) is 0 Å². The van der Waals surface area contributed by atoms with Gasteiger partial charge in [0, 0.05) is 10.8 Å². The summed E-state index contributed by atoms with van der Waals surface area (Å²) in [6.07, 6.45) is 2.10. The van der Waals surface area contributed by atoms with Gasteiger partial charge < -0.3 is 4.42 Å². The van der Waals surface area contributed by atoms with E-state index in [-0.39, 0.29) is 0 Å². The predicted molar refractivity (Wildman–Crippen MR) is 90.0 cm³/mol. The maximum atomic E-state index is 6.08. The van der Waals surface area contributed by atoms with Crippen LogP contribution in [0.2, 0.25) is 0 Å². The zero-order valence-corrected chi connectivity index (χ0v) is 12.4. The molecule has 0 bridgehead atoms. The molecule has 0 amide bonds. The van der Waals surface area contributed by atoms with E-state index in [2.05, 4.69) is 62.4 Å². The minimum atomic E-state index is 0.985. The van der Waals surface area contributed by atoms with Crippen LogP contribution in [0.1, 0.15) is 25.0 Å². The van der Waals surface area contributed by atoms with E-state index in [0.29, 0.717) is 0 Å². The molecule has 0 fully saturated rings. The SMILES string of the molecule is CCc1ccc2cc3c(cc2c1)oc1cc(CC)ccc13. The average molecular weight is 274 g/mol. The number of benzene rings is 3. The second kappa shape index (κ2) is 4.63. The summed E-state index contributed by atoms with van der Waals surface area (Å²) in [7, 11) is 0. The van der Waals surface area contributed by atoms with E-state index in [1.165, 1.54) is 32.7 Å². The van der Waals surface area contributed by atoms with Crippen LogP contribution in [0.4, 0.5) is 0 Å². The number of furan rings is 1. The van der Waals surface area contributed by atoms with Gasteiger partial charge >= 0.3 is 0 Å². The molecule has 4 rings (SSSR count). The Morgan fingerprint density at radius 2 is 1.38 bits per heavy atom. The van der Waals surface area contributed by atoms with E-state index >= 15 is 0 Å². The molecule has 21 heavy (non-hydrogen) atoms. The van der Waals surface area contributed by atoms with Gasteiger partial charge in [-0.1, -0.05) is 44.2 Å². The largest absolute Gasteiger partial charge is 0.456 e. The summed E-state index contributed by atoms with van der Waals surface area (Å²) in [5.41, 5.74) is 4.67. The van der Waals surface area contributed by atoms with Crippen LogP contribution in [-0.4, -0.2) is 0 Å². The van der Waals surface area contributed by atoms with Crippen LogP contribution < -0.4 is 0 Å². The fourth-order valence-electron chi connectivity index (χ4n) is 3.05. The molecule has 3 aromatic carbocycles. The number of aryl methyl sites for hydroxylation is 2. The molecule has 104 valence electrons. The van der Waals surface area contributed by atoms with Crippen LogP contribution in [0.3, 0.4) is 0 Å². The Morgan fingerprint density at radius 3 is 2.19 bits per heavy atom. The fourth-order valence-corrected chi connectivity index (χ4v) is 3.05. The molecule has 0 unspecified atom stereocenters.